The van der Waals surface area contributed by atoms with Crippen LogP contribution in [0.25, 0.3) is 0 Å². The van der Waals surface area contributed by atoms with Gasteiger partial charge in [0.15, 0.2) is 11.5 Å². The third-order valence-electron chi connectivity index (χ3n) is 3.53. The van der Waals surface area contributed by atoms with Crippen molar-refractivity contribution in [2.75, 3.05) is 20.8 Å². The van der Waals surface area contributed by atoms with E-state index in [1.165, 1.54) is 31.2 Å². The van der Waals surface area contributed by atoms with Crippen molar-refractivity contribution in [3.8, 4) is 11.5 Å². The first kappa shape index (κ1) is 13.9. The van der Waals surface area contributed by atoms with Gasteiger partial charge in [0.25, 0.3) is 0 Å². The van der Waals surface area contributed by atoms with Crippen molar-refractivity contribution in [3.05, 3.63) is 35.4 Å². The molecule has 0 unspecified atom stereocenters. The average molecular weight is 261 g/mol. The van der Waals surface area contributed by atoms with E-state index in [1.54, 1.807) is 19.8 Å². The largest absolute Gasteiger partial charge is 0.493 e. The molecule has 1 aliphatic carbocycles. The minimum Gasteiger partial charge on any atom is -0.493 e. The number of hydrogen-bond acceptors (Lipinski definition) is 3. The van der Waals surface area contributed by atoms with Gasteiger partial charge in [-0.05, 0) is 49.9 Å². The van der Waals surface area contributed by atoms with E-state index >= 15 is 0 Å². The molecule has 3 nitrogen and oxygen atoms in total. The van der Waals surface area contributed by atoms with E-state index in [-0.39, 0.29) is 0 Å². The Morgan fingerprint density at radius 3 is 2.68 bits per heavy atom. The van der Waals surface area contributed by atoms with Gasteiger partial charge in [0.05, 0.1) is 14.2 Å². The molecule has 0 saturated carbocycles. The van der Waals surface area contributed by atoms with Crippen LogP contribution >= 0.6 is 0 Å². The Morgan fingerprint density at radius 2 is 2.00 bits per heavy atom. The van der Waals surface area contributed by atoms with Gasteiger partial charge in [0, 0.05) is 6.54 Å². The number of hydrogen-bond donors (Lipinski definition) is 1. The Bertz CT molecular complexity index is 440. The SMILES string of the molecule is COc1ccc(CNCCC2=CCCC2)cc1OC. The Morgan fingerprint density at radius 1 is 1.16 bits per heavy atom. The van der Waals surface area contributed by atoms with Crippen molar-refractivity contribution >= 4 is 0 Å². The first-order valence-electron chi connectivity index (χ1n) is 6.93. The van der Waals surface area contributed by atoms with Gasteiger partial charge in [0.2, 0.25) is 0 Å². The second kappa shape index (κ2) is 7.19. The topological polar surface area (TPSA) is 30.5 Å². The first-order valence-corrected chi connectivity index (χ1v) is 6.93. The normalized spacial score (nSPS) is 14.3. The van der Waals surface area contributed by atoms with E-state index in [0.29, 0.717) is 0 Å². The van der Waals surface area contributed by atoms with Gasteiger partial charge in [-0.1, -0.05) is 17.7 Å². The molecule has 1 aliphatic rings. The first-order chi connectivity index (χ1) is 9.33. The zero-order chi connectivity index (χ0) is 13.5. The Labute approximate surface area is 115 Å². The van der Waals surface area contributed by atoms with Gasteiger partial charge in [0.1, 0.15) is 0 Å². The highest BCUT2D eigenvalue weighted by molar-refractivity contribution is 5.42. The highest BCUT2D eigenvalue weighted by Crippen LogP contribution is 2.27. The second-order valence-corrected chi connectivity index (χ2v) is 4.87. The van der Waals surface area contributed by atoms with Crippen molar-refractivity contribution in [2.24, 2.45) is 0 Å². The van der Waals surface area contributed by atoms with Crippen LogP contribution < -0.4 is 14.8 Å². The maximum Gasteiger partial charge on any atom is 0.161 e. The molecule has 1 aromatic rings. The number of allylic oxidation sites excluding steroid dienone is 1. The lowest BCUT2D eigenvalue weighted by molar-refractivity contribution is 0.354. The highest BCUT2D eigenvalue weighted by atomic mass is 16.5. The molecule has 19 heavy (non-hydrogen) atoms. The standard InChI is InChI=1S/C16H23NO2/c1-18-15-8-7-14(11-16(15)19-2)12-17-10-9-13-5-3-4-6-13/h5,7-8,11,17H,3-4,6,9-10,12H2,1-2H3. The van der Waals surface area contributed by atoms with Gasteiger partial charge < -0.3 is 14.8 Å². The summed E-state index contributed by atoms with van der Waals surface area (Å²) < 4.78 is 10.5. The molecule has 0 aliphatic heterocycles. The second-order valence-electron chi connectivity index (χ2n) is 4.87. The number of methoxy groups -OCH3 is 2. The number of benzene rings is 1. The fourth-order valence-corrected chi connectivity index (χ4v) is 2.44. The summed E-state index contributed by atoms with van der Waals surface area (Å²) in [6.07, 6.45) is 7.46. The van der Waals surface area contributed by atoms with E-state index < -0.39 is 0 Å². The van der Waals surface area contributed by atoms with Crippen LogP contribution in [0.5, 0.6) is 11.5 Å². The van der Waals surface area contributed by atoms with E-state index in [2.05, 4.69) is 17.5 Å². The number of nitrogens with one attached hydrogen (secondary N) is 1. The summed E-state index contributed by atoms with van der Waals surface area (Å²) in [6.45, 7) is 1.91. The van der Waals surface area contributed by atoms with Crippen molar-refractivity contribution in [1.82, 2.24) is 5.32 Å². The molecule has 0 spiro atoms. The van der Waals surface area contributed by atoms with Crippen molar-refractivity contribution < 1.29 is 9.47 Å². The maximum atomic E-state index is 5.30. The molecule has 1 aromatic carbocycles. The van der Waals surface area contributed by atoms with Crippen molar-refractivity contribution in [1.29, 1.82) is 0 Å². The smallest absolute Gasteiger partial charge is 0.161 e. The van der Waals surface area contributed by atoms with Crippen LogP contribution in [0.15, 0.2) is 29.8 Å². The minimum absolute atomic E-state index is 0.780. The zero-order valence-electron chi connectivity index (χ0n) is 11.9. The van der Waals surface area contributed by atoms with E-state index in [4.69, 9.17) is 9.47 Å². The Hall–Kier alpha value is -1.48. The minimum atomic E-state index is 0.780. The number of rotatable bonds is 7. The van der Waals surface area contributed by atoms with Crippen LogP contribution in [0, 0.1) is 0 Å². The van der Waals surface area contributed by atoms with Crippen LogP contribution in [0.4, 0.5) is 0 Å². The molecule has 0 atom stereocenters. The van der Waals surface area contributed by atoms with E-state index in [1.807, 2.05) is 12.1 Å². The molecule has 1 N–H and O–H groups in total. The van der Waals surface area contributed by atoms with E-state index in [0.717, 1.165) is 24.6 Å². The molecule has 0 heterocycles. The molecule has 0 amide bonds. The number of ether oxygens (including phenoxy) is 2. The van der Waals surface area contributed by atoms with Gasteiger partial charge in [-0.3, -0.25) is 0 Å². The fraction of sp³-hybridized carbons (Fsp3) is 0.500. The average Bonchev–Trinajstić information content (AvgIpc) is 2.96. The van der Waals surface area contributed by atoms with E-state index in [9.17, 15) is 0 Å². The predicted octanol–water partition coefficient (Wildman–Crippen LogP) is 3.29. The van der Waals surface area contributed by atoms with Gasteiger partial charge >= 0.3 is 0 Å². The Balaban J connectivity index is 1.79. The highest BCUT2D eigenvalue weighted by Gasteiger charge is 2.05. The van der Waals surface area contributed by atoms with Crippen LogP contribution in [0.2, 0.25) is 0 Å². The maximum absolute atomic E-state index is 5.30. The van der Waals surface area contributed by atoms with Crippen molar-refractivity contribution in [3.63, 3.8) is 0 Å². The lowest BCUT2D eigenvalue weighted by Crippen LogP contribution is -2.15. The fourth-order valence-electron chi connectivity index (χ4n) is 2.44. The summed E-state index contributed by atoms with van der Waals surface area (Å²) in [4.78, 5) is 0. The third kappa shape index (κ3) is 4.00. The summed E-state index contributed by atoms with van der Waals surface area (Å²) in [5.74, 6) is 1.57. The van der Waals surface area contributed by atoms with Crippen LogP contribution in [0.3, 0.4) is 0 Å². The Kier molecular flexibility index (Phi) is 5.28. The molecular formula is C16H23NO2. The van der Waals surface area contributed by atoms with Crippen LogP contribution in [0.1, 0.15) is 31.2 Å². The lowest BCUT2D eigenvalue weighted by atomic mass is 10.1. The molecule has 0 fully saturated rings. The van der Waals surface area contributed by atoms with Gasteiger partial charge in [-0.15, -0.1) is 0 Å². The summed E-state index contributed by atoms with van der Waals surface area (Å²) in [6, 6.07) is 6.05. The summed E-state index contributed by atoms with van der Waals surface area (Å²) in [5.41, 5.74) is 2.83. The molecule has 104 valence electrons. The molecular weight excluding hydrogens is 238 g/mol. The monoisotopic (exact) mass is 261 g/mol. The molecule has 0 aromatic heterocycles. The summed E-state index contributed by atoms with van der Waals surface area (Å²) >= 11 is 0. The van der Waals surface area contributed by atoms with Gasteiger partial charge in [-0.2, -0.15) is 0 Å². The predicted molar refractivity (Wildman–Crippen MR) is 77.8 cm³/mol. The van der Waals surface area contributed by atoms with Crippen molar-refractivity contribution in [2.45, 2.75) is 32.2 Å². The lowest BCUT2D eigenvalue weighted by Gasteiger charge is -2.10. The molecule has 2 rings (SSSR count). The summed E-state index contributed by atoms with van der Waals surface area (Å²) in [7, 11) is 3.33. The molecule has 0 bridgehead atoms. The zero-order valence-corrected chi connectivity index (χ0v) is 11.9. The van der Waals surface area contributed by atoms with Crippen LogP contribution in [-0.2, 0) is 6.54 Å². The quantitative estimate of drug-likeness (QED) is 0.603. The molecule has 0 radical (unpaired) electrons. The van der Waals surface area contributed by atoms with Gasteiger partial charge in [-0.25, -0.2) is 0 Å². The van der Waals surface area contributed by atoms with Crippen LogP contribution in [-0.4, -0.2) is 20.8 Å². The summed E-state index contributed by atoms with van der Waals surface area (Å²) in [5, 5.41) is 3.48. The molecule has 0 saturated heterocycles. The third-order valence-corrected chi connectivity index (χ3v) is 3.53. The molecule has 3 heteroatoms.